The number of carbonyl (C=O) groups excluding carboxylic acids is 1. The van der Waals surface area contributed by atoms with Crippen molar-refractivity contribution in [3.8, 4) is 11.4 Å². The van der Waals surface area contributed by atoms with Gasteiger partial charge in [0, 0.05) is 13.2 Å². The molecule has 0 N–H and O–H groups in total. The number of aromatic nitrogens is 2. The van der Waals surface area contributed by atoms with Crippen LogP contribution in [0.15, 0.2) is 45.0 Å². The summed E-state index contributed by atoms with van der Waals surface area (Å²) in [6.45, 7) is 1.02. The molecule has 3 rings (SSSR count). The van der Waals surface area contributed by atoms with Crippen LogP contribution in [-0.2, 0) is 26.3 Å². The Morgan fingerprint density at radius 2 is 2.08 bits per heavy atom. The Morgan fingerprint density at radius 1 is 1.35 bits per heavy atom. The number of benzene rings is 1. The van der Waals surface area contributed by atoms with Gasteiger partial charge in [0.05, 0.1) is 16.8 Å². The van der Waals surface area contributed by atoms with E-state index >= 15 is 0 Å². The molecule has 2 aromatic rings. The lowest BCUT2D eigenvalue weighted by atomic mass is 10.2. The summed E-state index contributed by atoms with van der Waals surface area (Å²) in [6, 6.07) is 5.89. The van der Waals surface area contributed by atoms with Crippen molar-refractivity contribution >= 4 is 21.9 Å². The van der Waals surface area contributed by atoms with Gasteiger partial charge in [-0.3, -0.25) is 4.31 Å². The van der Waals surface area contributed by atoms with Gasteiger partial charge in [0.15, 0.2) is 6.61 Å². The number of carbonyl (C=O) groups is 1. The van der Waals surface area contributed by atoms with Crippen molar-refractivity contribution in [1.82, 2.24) is 14.4 Å². The molecule has 0 bridgehead atoms. The van der Waals surface area contributed by atoms with Crippen LogP contribution in [0.5, 0.6) is 0 Å². The number of rotatable bonds is 4. The lowest BCUT2D eigenvalue weighted by Gasteiger charge is -2.18. The molecule has 0 atom stereocenters. The molecule has 0 aliphatic carbocycles. The molecular formula is C15H13FN4O5S. The minimum Gasteiger partial charge on any atom is -0.452 e. The van der Waals surface area contributed by atoms with Gasteiger partial charge in [-0.15, -0.1) is 4.40 Å². The molecular weight excluding hydrogens is 367 g/mol. The van der Waals surface area contributed by atoms with Crippen LogP contribution in [0, 0.1) is 5.82 Å². The van der Waals surface area contributed by atoms with Crippen molar-refractivity contribution in [2.75, 3.05) is 7.05 Å². The first kappa shape index (κ1) is 17.7. The van der Waals surface area contributed by atoms with E-state index in [1.54, 1.807) is 6.07 Å². The van der Waals surface area contributed by atoms with Crippen molar-refractivity contribution in [2.24, 2.45) is 4.40 Å². The lowest BCUT2D eigenvalue weighted by molar-refractivity contribution is -0.140. The summed E-state index contributed by atoms with van der Waals surface area (Å²) in [5.74, 6) is -1.34. The molecule has 11 heteroatoms. The van der Waals surface area contributed by atoms with Gasteiger partial charge in [-0.2, -0.15) is 13.4 Å². The molecule has 0 amide bonds. The second-order valence-corrected chi connectivity index (χ2v) is 6.94. The fraction of sp³-hybridized carbons (Fsp3) is 0.200. The first-order valence-corrected chi connectivity index (χ1v) is 8.69. The monoisotopic (exact) mass is 380 g/mol. The van der Waals surface area contributed by atoms with Crippen molar-refractivity contribution in [3.05, 3.63) is 47.7 Å². The Hall–Kier alpha value is -3.08. The van der Waals surface area contributed by atoms with Crippen LogP contribution in [0.4, 0.5) is 4.39 Å². The third-order valence-corrected chi connectivity index (χ3v) is 4.78. The molecule has 1 aromatic heterocycles. The van der Waals surface area contributed by atoms with Gasteiger partial charge in [-0.25, -0.2) is 9.18 Å². The highest BCUT2D eigenvalue weighted by Gasteiger charge is 2.26. The number of nitrogens with zero attached hydrogens (tertiary/aromatic N) is 4. The predicted octanol–water partition coefficient (Wildman–Crippen LogP) is 1.45. The van der Waals surface area contributed by atoms with E-state index in [0.717, 1.165) is 10.5 Å². The normalized spacial score (nSPS) is 16.0. The maximum Gasteiger partial charge on any atom is 0.344 e. The Morgan fingerprint density at radius 3 is 2.81 bits per heavy atom. The molecule has 0 unspecified atom stereocenters. The van der Waals surface area contributed by atoms with Gasteiger partial charge in [0.2, 0.25) is 5.82 Å². The summed E-state index contributed by atoms with van der Waals surface area (Å²) in [5.41, 5.74) is 0.139. The number of hydrogen-bond acceptors (Lipinski definition) is 7. The van der Waals surface area contributed by atoms with Gasteiger partial charge < -0.3 is 9.26 Å². The van der Waals surface area contributed by atoms with Crippen molar-refractivity contribution in [1.29, 1.82) is 0 Å². The first-order valence-electron chi connectivity index (χ1n) is 7.29. The van der Waals surface area contributed by atoms with Gasteiger partial charge in [-0.05, 0) is 19.1 Å². The average Bonchev–Trinajstić information content (AvgIpc) is 3.05. The maximum absolute atomic E-state index is 13.7. The quantitative estimate of drug-likeness (QED) is 0.737. The van der Waals surface area contributed by atoms with E-state index in [0.29, 0.717) is 0 Å². The van der Waals surface area contributed by atoms with Gasteiger partial charge >= 0.3 is 16.2 Å². The number of ether oxygens (including phenoxy) is 1. The Balaban J connectivity index is 1.70. The highest BCUT2D eigenvalue weighted by atomic mass is 32.2. The van der Waals surface area contributed by atoms with E-state index in [-0.39, 0.29) is 35.2 Å². The molecule has 136 valence electrons. The van der Waals surface area contributed by atoms with Crippen molar-refractivity contribution in [3.63, 3.8) is 0 Å². The zero-order chi connectivity index (χ0) is 18.9. The van der Waals surface area contributed by atoms with Gasteiger partial charge in [0.1, 0.15) is 5.82 Å². The molecule has 2 heterocycles. The number of hydrogen-bond donors (Lipinski definition) is 0. The second kappa shape index (κ2) is 6.67. The smallest absolute Gasteiger partial charge is 0.344 e. The zero-order valence-corrected chi connectivity index (χ0v) is 14.5. The third kappa shape index (κ3) is 3.47. The molecule has 9 nitrogen and oxygen atoms in total. The van der Waals surface area contributed by atoms with E-state index in [2.05, 4.69) is 14.5 Å². The Kier molecular flexibility index (Phi) is 4.55. The summed E-state index contributed by atoms with van der Waals surface area (Å²) < 4.78 is 51.1. The second-order valence-electron chi connectivity index (χ2n) is 5.28. The molecule has 1 aliphatic heterocycles. The molecule has 1 aliphatic rings. The third-order valence-electron chi connectivity index (χ3n) is 3.45. The predicted molar refractivity (Wildman–Crippen MR) is 87.4 cm³/mol. The van der Waals surface area contributed by atoms with E-state index in [9.17, 15) is 17.6 Å². The molecule has 0 spiro atoms. The molecule has 0 fully saturated rings. The number of halogens is 1. The molecule has 1 aromatic carbocycles. The van der Waals surface area contributed by atoms with Crippen molar-refractivity contribution < 1.29 is 26.9 Å². The standard InChI is InChI=1S/C15H13FN4O5S/c1-9-11(7-20(2)26(22,23)19-9)15(21)24-8-13-17-14(18-25-13)10-5-3-4-6-12(10)16/h3-7H,8H2,1-2H3. The molecule has 0 radical (unpaired) electrons. The lowest BCUT2D eigenvalue weighted by Crippen LogP contribution is -2.29. The minimum absolute atomic E-state index is 0.00525. The van der Waals surface area contributed by atoms with E-state index < -0.39 is 22.0 Å². The Bertz CT molecular complexity index is 1030. The highest BCUT2D eigenvalue weighted by molar-refractivity contribution is 7.88. The van der Waals surface area contributed by atoms with Crippen LogP contribution in [0.1, 0.15) is 12.8 Å². The minimum atomic E-state index is -3.81. The van der Waals surface area contributed by atoms with E-state index in [1.807, 2.05) is 0 Å². The van der Waals surface area contributed by atoms with Crippen LogP contribution in [0.25, 0.3) is 11.4 Å². The van der Waals surface area contributed by atoms with Gasteiger partial charge in [-0.1, -0.05) is 17.3 Å². The highest BCUT2D eigenvalue weighted by Crippen LogP contribution is 2.20. The summed E-state index contributed by atoms with van der Waals surface area (Å²) in [6.07, 6.45) is 1.11. The summed E-state index contributed by atoms with van der Waals surface area (Å²) in [5, 5.41) is 3.64. The van der Waals surface area contributed by atoms with E-state index in [4.69, 9.17) is 9.26 Å². The van der Waals surface area contributed by atoms with Crippen LogP contribution in [-0.4, -0.2) is 41.6 Å². The van der Waals surface area contributed by atoms with Gasteiger partial charge in [0.25, 0.3) is 5.89 Å². The van der Waals surface area contributed by atoms with E-state index in [1.165, 1.54) is 32.2 Å². The maximum atomic E-state index is 13.7. The SMILES string of the molecule is CC1=NS(=O)(=O)N(C)C=C1C(=O)OCc1nc(-c2ccccc2F)no1. The zero-order valence-electron chi connectivity index (χ0n) is 13.7. The summed E-state index contributed by atoms with van der Waals surface area (Å²) in [7, 11) is -2.57. The topological polar surface area (TPSA) is 115 Å². The summed E-state index contributed by atoms with van der Waals surface area (Å²) >= 11 is 0. The first-order chi connectivity index (χ1) is 12.3. The average molecular weight is 380 g/mol. The van der Waals surface area contributed by atoms with Crippen LogP contribution in [0.3, 0.4) is 0 Å². The fourth-order valence-corrected chi connectivity index (χ4v) is 2.91. The van der Waals surface area contributed by atoms with Crippen LogP contribution < -0.4 is 0 Å². The molecule has 26 heavy (non-hydrogen) atoms. The summed E-state index contributed by atoms with van der Waals surface area (Å²) in [4.78, 5) is 16.1. The Labute approximate surface area is 148 Å². The fourth-order valence-electron chi connectivity index (χ4n) is 2.10. The molecule has 0 saturated carbocycles. The van der Waals surface area contributed by atoms with Crippen molar-refractivity contribution in [2.45, 2.75) is 13.5 Å². The van der Waals surface area contributed by atoms with Crippen LogP contribution >= 0.6 is 0 Å². The largest absolute Gasteiger partial charge is 0.452 e. The number of esters is 1. The molecule has 0 saturated heterocycles. The van der Waals surface area contributed by atoms with Crippen LogP contribution in [0.2, 0.25) is 0 Å².